The van der Waals surface area contributed by atoms with Crippen molar-refractivity contribution in [2.75, 3.05) is 38.5 Å². The van der Waals surface area contributed by atoms with Crippen molar-refractivity contribution >= 4 is 63.3 Å². The fourth-order valence-electron chi connectivity index (χ4n) is 7.72. The Hall–Kier alpha value is -4.93. The zero-order valence-electron chi connectivity index (χ0n) is 25.8. The van der Waals surface area contributed by atoms with E-state index in [1.165, 1.54) is 45.0 Å². The summed E-state index contributed by atoms with van der Waals surface area (Å²) < 4.78 is 0. The largest absolute Gasteiger partial charge is 4.00 e. The number of hydrogen-bond acceptors (Lipinski definition) is 5. The summed E-state index contributed by atoms with van der Waals surface area (Å²) in [4.78, 5) is 11.4. The number of nitrogens with zero attached hydrogens (tertiary/aromatic N) is 5. The van der Waals surface area contributed by atoms with E-state index in [0.29, 0.717) is 0 Å². The van der Waals surface area contributed by atoms with Crippen LogP contribution < -0.4 is 35.3 Å². The predicted octanol–water partition coefficient (Wildman–Crippen LogP) is 7.60. The van der Waals surface area contributed by atoms with E-state index in [-0.39, 0.29) is 27.9 Å². The van der Waals surface area contributed by atoms with Gasteiger partial charge in [-0.15, -0.1) is 34.6 Å². The quantitative estimate of drug-likeness (QED) is 0.133. The molecule has 0 aromatic heterocycles. The van der Waals surface area contributed by atoms with E-state index in [9.17, 15) is 0 Å². The van der Waals surface area contributed by atoms with E-state index in [0.717, 1.165) is 33.7 Å². The third kappa shape index (κ3) is 4.01. The van der Waals surface area contributed by atoms with Crippen LogP contribution in [0.2, 0.25) is 0 Å². The topological polar surface area (TPSA) is 16.2 Å². The number of hydrogen-bond donors (Lipinski definition) is 0. The number of anilines is 8. The van der Waals surface area contributed by atoms with Gasteiger partial charge >= 0.3 is 21.1 Å². The van der Waals surface area contributed by atoms with Gasteiger partial charge in [0.2, 0.25) is 0 Å². The van der Waals surface area contributed by atoms with Gasteiger partial charge in [0.25, 0.3) is 6.85 Å². The van der Waals surface area contributed by atoms with Gasteiger partial charge in [-0.25, -0.2) is 0 Å². The summed E-state index contributed by atoms with van der Waals surface area (Å²) in [6, 6.07) is 51.6. The third-order valence-corrected chi connectivity index (χ3v) is 9.77. The summed E-state index contributed by atoms with van der Waals surface area (Å²) in [6.07, 6.45) is 0. The molecule has 4 heterocycles. The first-order valence-electron chi connectivity index (χ1n) is 15.7. The van der Waals surface area contributed by atoms with Crippen LogP contribution in [0.1, 0.15) is 0 Å². The van der Waals surface area contributed by atoms with E-state index < -0.39 is 0 Å². The van der Waals surface area contributed by atoms with Crippen molar-refractivity contribution in [2.45, 2.75) is 0 Å². The summed E-state index contributed by atoms with van der Waals surface area (Å²) in [6.45, 7) is 4.20. The number of benzene rings is 6. The molecule has 6 aromatic carbocycles. The number of para-hydroxylation sites is 6. The minimum atomic E-state index is -0.110. The molecule has 4 aliphatic heterocycles. The van der Waals surface area contributed by atoms with Crippen LogP contribution >= 0.6 is 0 Å². The minimum Gasteiger partial charge on any atom is -0.504 e. The zero-order valence-corrected chi connectivity index (χ0v) is 28.1. The van der Waals surface area contributed by atoms with Crippen LogP contribution in [0.3, 0.4) is 0 Å². The van der Waals surface area contributed by atoms with Crippen molar-refractivity contribution in [1.29, 1.82) is 0 Å². The number of fused-ring (bicyclic) bond motifs is 13. The maximum atomic E-state index is 3.97. The fraction of sp³-hybridized carbons (Fsp3) is 0.0500. The molecule has 0 N–H and O–H groups in total. The average molecular weight is 785 g/mol. The molecule has 5 nitrogen and oxygen atoms in total. The second-order valence-electron chi connectivity index (χ2n) is 12.3. The first-order chi connectivity index (χ1) is 22.7. The molecule has 0 spiro atoms. The molecule has 0 fully saturated rings. The fourth-order valence-corrected chi connectivity index (χ4v) is 7.72. The Labute approximate surface area is 290 Å². The van der Waals surface area contributed by atoms with Crippen LogP contribution in [0.15, 0.2) is 121 Å². The van der Waals surface area contributed by atoms with Gasteiger partial charge in [0.1, 0.15) is 0 Å². The molecule has 10 rings (SSSR count). The van der Waals surface area contributed by atoms with Gasteiger partial charge in [0, 0.05) is 34.1 Å². The Kier molecular flexibility index (Phi) is 6.35. The molecule has 0 bridgehead atoms. The van der Waals surface area contributed by atoms with Gasteiger partial charge in [-0.2, -0.15) is 48.5 Å². The monoisotopic (exact) mass is 784 g/mol. The van der Waals surface area contributed by atoms with Crippen molar-refractivity contribution < 1.29 is 21.1 Å². The predicted molar refractivity (Wildman–Crippen MR) is 191 cm³/mol. The summed E-state index contributed by atoms with van der Waals surface area (Å²) >= 11 is 0. The van der Waals surface area contributed by atoms with E-state index in [2.05, 4.69) is 185 Å². The van der Waals surface area contributed by atoms with Crippen molar-refractivity contribution in [3.05, 3.63) is 147 Å². The van der Waals surface area contributed by atoms with Gasteiger partial charge in [-0.3, -0.25) is 0 Å². The van der Waals surface area contributed by atoms with Gasteiger partial charge in [-0.1, -0.05) is 71.8 Å². The Morgan fingerprint density at radius 1 is 0.447 bits per heavy atom. The Morgan fingerprint density at radius 2 is 0.830 bits per heavy atom. The van der Waals surface area contributed by atoms with Gasteiger partial charge in [-0.05, 0) is 50.5 Å². The van der Waals surface area contributed by atoms with E-state index >= 15 is 0 Å². The molecular formula is C40H28BN5Pt. The van der Waals surface area contributed by atoms with Crippen LogP contribution in [0.5, 0.6) is 0 Å². The average Bonchev–Trinajstić information content (AvgIpc) is 3.64. The molecule has 4 aliphatic rings. The van der Waals surface area contributed by atoms with Crippen LogP contribution in [0.4, 0.5) is 45.5 Å². The van der Waals surface area contributed by atoms with Crippen LogP contribution in [0, 0.1) is 25.5 Å². The Bertz CT molecular complexity index is 2060. The number of rotatable bonds is 2. The SMILES string of the molecule is CN1[CH-]N(c2[c-]c3c(cc2)-c2ccccc2N2B3c3[c-]c(N4[CH-]N(C)c5ccccc54)ccc3-c3ccccc32)c2ccccc21.[Pt+4]. The van der Waals surface area contributed by atoms with E-state index in [1.807, 2.05) is 0 Å². The van der Waals surface area contributed by atoms with Crippen LogP contribution in [-0.2, 0) is 21.1 Å². The van der Waals surface area contributed by atoms with Gasteiger partial charge in [0.15, 0.2) is 0 Å². The summed E-state index contributed by atoms with van der Waals surface area (Å²) in [5, 5.41) is 0. The molecule has 0 unspecified atom stereocenters. The normalized spacial score (nSPS) is 14.9. The van der Waals surface area contributed by atoms with Gasteiger partial charge in [0.05, 0.1) is 0 Å². The van der Waals surface area contributed by atoms with Crippen molar-refractivity contribution in [3.63, 3.8) is 0 Å². The minimum absolute atomic E-state index is 0. The Morgan fingerprint density at radius 3 is 1.28 bits per heavy atom. The van der Waals surface area contributed by atoms with Crippen LogP contribution in [-0.4, -0.2) is 20.9 Å². The summed E-state index contributed by atoms with van der Waals surface area (Å²) in [5.74, 6) is 0. The maximum absolute atomic E-state index is 3.97. The molecule has 0 saturated carbocycles. The molecule has 0 amide bonds. The zero-order chi connectivity index (χ0) is 30.5. The standard InChI is InChI=1S/C40H28BN5.Pt/c1-42-25-44(39-17-9-7-15-37(39)42)27-19-21-29-31-11-3-5-13-35(31)46-36-14-6-4-12-32(36)30-22-20-28(24-34(30)41(46)33(29)23-27)45-26-43(2)38-16-8-10-18-40(38)45;/h3-22,25-26H,1-2H3;/q-4;+4. The summed E-state index contributed by atoms with van der Waals surface area (Å²) in [5.41, 5.74) is 16.3. The molecule has 47 heavy (non-hydrogen) atoms. The second-order valence-corrected chi connectivity index (χ2v) is 12.3. The van der Waals surface area contributed by atoms with Crippen molar-refractivity contribution in [1.82, 2.24) is 0 Å². The van der Waals surface area contributed by atoms with Crippen molar-refractivity contribution in [2.24, 2.45) is 0 Å². The van der Waals surface area contributed by atoms with E-state index in [1.54, 1.807) is 0 Å². The first-order valence-corrected chi connectivity index (χ1v) is 15.7. The third-order valence-electron chi connectivity index (χ3n) is 9.77. The van der Waals surface area contributed by atoms with E-state index in [4.69, 9.17) is 0 Å². The smallest absolute Gasteiger partial charge is 0.504 e. The molecule has 7 heteroatoms. The molecule has 0 atom stereocenters. The molecule has 0 saturated heterocycles. The molecular weight excluding hydrogens is 756 g/mol. The van der Waals surface area contributed by atoms with Crippen LogP contribution in [0.25, 0.3) is 22.3 Å². The maximum Gasteiger partial charge on any atom is 4.00 e. The molecule has 6 aromatic rings. The first kappa shape index (κ1) is 28.3. The van der Waals surface area contributed by atoms with Crippen molar-refractivity contribution in [3.8, 4) is 22.3 Å². The summed E-state index contributed by atoms with van der Waals surface area (Å²) in [7, 11) is 4.20. The molecule has 0 radical (unpaired) electrons. The Balaban J connectivity index is 0.00000302. The van der Waals surface area contributed by atoms with Gasteiger partial charge < -0.3 is 24.4 Å². The second kappa shape index (κ2) is 10.5. The molecule has 0 aliphatic carbocycles. The molecule has 226 valence electrons.